The number of benzene rings is 3. The van der Waals surface area contributed by atoms with E-state index in [9.17, 15) is 9.59 Å². The first-order chi connectivity index (χ1) is 20.0. The van der Waals surface area contributed by atoms with Crippen LogP contribution in [0.4, 0.5) is 0 Å². The van der Waals surface area contributed by atoms with E-state index in [1.807, 2.05) is 66.7 Å². The van der Waals surface area contributed by atoms with E-state index in [0.717, 1.165) is 49.7 Å². The fraction of sp³-hybridized carbons (Fsp3) is 0.333. The average molecular weight is 571 g/mol. The fourth-order valence-electron chi connectivity index (χ4n) is 5.21. The van der Waals surface area contributed by atoms with Crippen LogP contribution in [0.15, 0.2) is 83.4 Å². The molecule has 2 amide bonds. The number of hydrogen-bond acceptors (Lipinski definition) is 5. The molecule has 1 aliphatic rings. The SMILES string of the molecule is CCCCc1ccc(C(=O)N(CC(=O)N2CCCCC2c2nc(-c3ccc(Cl)cc3)no2)Cc2ccccc2)cc1. The molecule has 0 bridgehead atoms. The lowest BCUT2D eigenvalue weighted by molar-refractivity contribution is -0.136. The van der Waals surface area contributed by atoms with Gasteiger partial charge in [0, 0.05) is 29.2 Å². The number of aromatic nitrogens is 2. The predicted molar refractivity (Wildman–Crippen MR) is 159 cm³/mol. The van der Waals surface area contributed by atoms with Gasteiger partial charge in [0.05, 0.1) is 0 Å². The molecule has 1 fully saturated rings. The molecule has 5 rings (SSSR count). The number of nitrogens with zero attached hydrogens (tertiary/aromatic N) is 4. The van der Waals surface area contributed by atoms with Gasteiger partial charge in [-0.2, -0.15) is 4.98 Å². The van der Waals surface area contributed by atoms with E-state index in [1.165, 1.54) is 5.56 Å². The molecule has 212 valence electrons. The zero-order valence-electron chi connectivity index (χ0n) is 23.3. The molecule has 1 aliphatic heterocycles. The molecule has 8 heteroatoms. The Bertz CT molecular complexity index is 1440. The Kier molecular flexibility index (Phi) is 9.47. The number of hydrogen-bond donors (Lipinski definition) is 0. The van der Waals surface area contributed by atoms with Gasteiger partial charge in [-0.3, -0.25) is 9.59 Å². The van der Waals surface area contributed by atoms with Crippen molar-refractivity contribution in [2.75, 3.05) is 13.1 Å². The van der Waals surface area contributed by atoms with E-state index < -0.39 is 0 Å². The highest BCUT2D eigenvalue weighted by molar-refractivity contribution is 6.30. The number of carbonyl (C=O) groups excluding carboxylic acids is 2. The Morgan fingerprint density at radius 3 is 2.46 bits per heavy atom. The van der Waals surface area contributed by atoms with E-state index in [2.05, 4.69) is 17.1 Å². The maximum atomic E-state index is 13.8. The van der Waals surface area contributed by atoms with Crippen molar-refractivity contribution < 1.29 is 14.1 Å². The fourth-order valence-corrected chi connectivity index (χ4v) is 5.33. The molecule has 0 aliphatic carbocycles. The van der Waals surface area contributed by atoms with Crippen LogP contribution >= 0.6 is 11.6 Å². The Labute approximate surface area is 246 Å². The second-order valence-corrected chi connectivity index (χ2v) is 10.9. The summed E-state index contributed by atoms with van der Waals surface area (Å²) in [5.41, 5.74) is 3.54. The van der Waals surface area contributed by atoms with Crippen molar-refractivity contribution in [1.29, 1.82) is 0 Å². The third kappa shape index (κ3) is 7.22. The first-order valence-electron chi connectivity index (χ1n) is 14.3. The zero-order valence-corrected chi connectivity index (χ0v) is 24.1. The Balaban J connectivity index is 1.35. The molecule has 1 atom stereocenters. The second kappa shape index (κ2) is 13.6. The zero-order chi connectivity index (χ0) is 28.6. The third-order valence-corrected chi connectivity index (χ3v) is 7.75. The first kappa shape index (κ1) is 28.6. The van der Waals surface area contributed by atoms with Crippen LogP contribution in [0.2, 0.25) is 5.02 Å². The van der Waals surface area contributed by atoms with Crippen LogP contribution < -0.4 is 0 Å². The van der Waals surface area contributed by atoms with E-state index in [4.69, 9.17) is 16.1 Å². The van der Waals surface area contributed by atoms with Crippen LogP contribution in [0.5, 0.6) is 0 Å². The van der Waals surface area contributed by atoms with Gasteiger partial charge in [-0.1, -0.05) is 72.6 Å². The Morgan fingerprint density at radius 1 is 0.976 bits per heavy atom. The maximum Gasteiger partial charge on any atom is 0.254 e. The standard InChI is InChI=1S/C33H35ClN4O3/c1-2-3-9-24-13-15-27(16-14-24)33(40)37(22-25-10-5-4-6-11-25)23-30(39)38-21-8-7-12-29(38)32-35-31(36-41-32)26-17-19-28(34)20-18-26/h4-6,10-11,13-20,29H,2-3,7-9,12,21-23H2,1H3. The number of unbranched alkanes of at least 4 members (excludes halogenated alkanes) is 1. The van der Waals surface area contributed by atoms with Crippen LogP contribution in [-0.2, 0) is 17.8 Å². The minimum Gasteiger partial charge on any atom is -0.337 e. The van der Waals surface area contributed by atoms with Crippen molar-refractivity contribution >= 4 is 23.4 Å². The molecule has 1 saturated heterocycles. The number of likely N-dealkylation sites (tertiary alicyclic amines) is 1. The second-order valence-electron chi connectivity index (χ2n) is 10.5. The van der Waals surface area contributed by atoms with Crippen molar-refractivity contribution in [2.45, 2.75) is 58.0 Å². The first-order valence-corrected chi connectivity index (χ1v) is 14.7. The van der Waals surface area contributed by atoms with Crippen molar-refractivity contribution in [3.8, 4) is 11.4 Å². The van der Waals surface area contributed by atoms with Crippen LogP contribution in [0.3, 0.4) is 0 Å². The number of aryl methyl sites for hydroxylation is 1. The Hall–Kier alpha value is -3.97. The summed E-state index contributed by atoms with van der Waals surface area (Å²) < 4.78 is 5.66. The van der Waals surface area contributed by atoms with Gasteiger partial charge in [0.1, 0.15) is 12.6 Å². The van der Waals surface area contributed by atoms with Crippen LogP contribution in [0.25, 0.3) is 11.4 Å². The summed E-state index contributed by atoms with van der Waals surface area (Å²) in [4.78, 5) is 35.6. The number of amides is 2. The minimum absolute atomic E-state index is 0.0417. The van der Waals surface area contributed by atoms with Crippen LogP contribution in [0.1, 0.15) is 72.4 Å². The highest BCUT2D eigenvalue weighted by atomic mass is 35.5. The van der Waals surface area contributed by atoms with Gasteiger partial charge in [0.15, 0.2) is 0 Å². The van der Waals surface area contributed by atoms with Crippen LogP contribution in [0, 0.1) is 0 Å². The molecular formula is C33H35ClN4O3. The number of rotatable bonds is 10. The van der Waals surface area contributed by atoms with Gasteiger partial charge in [-0.05, 0) is 79.6 Å². The molecule has 0 saturated carbocycles. The van der Waals surface area contributed by atoms with Crippen LogP contribution in [-0.4, -0.2) is 44.8 Å². The Morgan fingerprint density at radius 2 is 1.73 bits per heavy atom. The highest BCUT2D eigenvalue weighted by Gasteiger charge is 2.34. The molecular weight excluding hydrogens is 536 g/mol. The molecule has 0 spiro atoms. The molecule has 41 heavy (non-hydrogen) atoms. The summed E-state index contributed by atoms with van der Waals surface area (Å²) in [5, 5.41) is 4.79. The van der Waals surface area contributed by atoms with Crippen molar-refractivity contribution in [3.63, 3.8) is 0 Å². The van der Waals surface area contributed by atoms with Crippen molar-refractivity contribution in [1.82, 2.24) is 19.9 Å². The summed E-state index contributed by atoms with van der Waals surface area (Å²) in [6.45, 7) is 3.03. The summed E-state index contributed by atoms with van der Waals surface area (Å²) in [6, 6.07) is 24.4. The van der Waals surface area contributed by atoms with Gasteiger partial charge in [0.2, 0.25) is 17.6 Å². The quantitative estimate of drug-likeness (QED) is 0.203. The number of halogens is 1. The lowest BCUT2D eigenvalue weighted by Gasteiger charge is -2.35. The molecule has 1 unspecified atom stereocenters. The largest absolute Gasteiger partial charge is 0.337 e. The molecule has 2 heterocycles. The summed E-state index contributed by atoms with van der Waals surface area (Å²) in [7, 11) is 0. The summed E-state index contributed by atoms with van der Waals surface area (Å²) >= 11 is 6.02. The highest BCUT2D eigenvalue weighted by Crippen LogP contribution is 2.32. The van der Waals surface area contributed by atoms with E-state index >= 15 is 0 Å². The molecule has 4 aromatic rings. The van der Waals surface area contributed by atoms with Gasteiger partial charge in [-0.25, -0.2) is 0 Å². The van der Waals surface area contributed by atoms with Gasteiger partial charge in [-0.15, -0.1) is 0 Å². The average Bonchev–Trinajstić information content (AvgIpc) is 3.51. The van der Waals surface area contributed by atoms with Crippen molar-refractivity contribution in [2.24, 2.45) is 0 Å². The summed E-state index contributed by atoms with van der Waals surface area (Å²) in [6.07, 6.45) is 5.77. The van der Waals surface area contributed by atoms with Gasteiger partial charge in [0.25, 0.3) is 5.91 Å². The normalized spacial score (nSPS) is 15.1. The molecule has 0 N–H and O–H groups in total. The van der Waals surface area contributed by atoms with Gasteiger partial charge < -0.3 is 14.3 Å². The summed E-state index contributed by atoms with van der Waals surface area (Å²) in [5.74, 6) is 0.565. The molecule has 0 radical (unpaired) electrons. The monoisotopic (exact) mass is 570 g/mol. The third-order valence-electron chi connectivity index (χ3n) is 7.50. The minimum atomic E-state index is -0.337. The lowest BCUT2D eigenvalue weighted by atomic mass is 10.0. The molecule has 1 aromatic heterocycles. The van der Waals surface area contributed by atoms with E-state index in [1.54, 1.807) is 21.9 Å². The van der Waals surface area contributed by atoms with Gasteiger partial charge >= 0.3 is 0 Å². The van der Waals surface area contributed by atoms with E-state index in [-0.39, 0.29) is 24.4 Å². The number of piperidine rings is 1. The number of carbonyl (C=O) groups is 2. The molecule has 7 nitrogen and oxygen atoms in total. The topological polar surface area (TPSA) is 79.5 Å². The van der Waals surface area contributed by atoms with Crippen molar-refractivity contribution in [3.05, 3.63) is 106 Å². The predicted octanol–water partition coefficient (Wildman–Crippen LogP) is 7.13. The molecule has 3 aromatic carbocycles. The lowest BCUT2D eigenvalue weighted by Crippen LogP contribution is -2.45. The smallest absolute Gasteiger partial charge is 0.254 e. The van der Waals surface area contributed by atoms with E-state index in [0.29, 0.717) is 35.4 Å². The maximum absolute atomic E-state index is 13.8.